The summed E-state index contributed by atoms with van der Waals surface area (Å²) in [5.74, 6) is 0.367. The van der Waals surface area contributed by atoms with Gasteiger partial charge in [-0.15, -0.1) is 0 Å². The Morgan fingerprint density at radius 3 is 2.14 bits per heavy atom. The number of carbonyl (C=O) groups is 1. The first-order valence-corrected chi connectivity index (χ1v) is 7.51. The second-order valence-electron chi connectivity index (χ2n) is 5.37. The Balaban J connectivity index is 2.06. The Hall–Kier alpha value is -2.60. The van der Waals surface area contributed by atoms with Crippen LogP contribution in [0, 0.1) is 11.3 Å². The zero-order valence-corrected chi connectivity index (χ0v) is 13.0. The molecule has 3 heteroatoms. The van der Waals surface area contributed by atoms with Gasteiger partial charge in [-0.3, -0.25) is 4.79 Å². The van der Waals surface area contributed by atoms with Gasteiger partial charge in [-0.05, 0) is 34.7 Å². The summed E-state index contributed by atoms with van der Waals surface area (Å²) < 4.78 is 0. The standard InChI is InChI=1S/C19H20N2O/c1-3-19(22)21-13-14(2)16-8-10-18(11-9-16)17-6-4-15(12-20)5-7-17/h4-11,14H,3,13H2,1-2H3,(H,21,22). The molecule has 3 nitrogen and oxygen atoms in total. The average molecular weight is 292 g/mol. The number of amides is 1. The SMILES string of the molecule is CCC(=O)NCC(C)c1ccc(-c2ccc(C#N)cc2)cc1. The van der Waals surface area contributed by atoms with Gasteiger partial charge < -0.3 is 5.32 Å². The minimum absolute atomic E-state index is 0.0843. The largest absolute Gasteiger partial charge is 0.356 e. The number of benzene rings is 2. The molecule has 0 saturated heterocycles. The van der Waals surface area contributed by atoms with Crippen LogP contribution in [0.25, 0.3) is 11.1 Å². The first-order chi connectivity index (χ1) is 10.6. The van der Waals surface area contributed by atoms with Crippen LogP contribution >= 0.6 is 0 Å². The Morgan fingerprint density at radius 2 is 1.64 bits per heavy atom. The molecule has 112 valence electrons. The summed E-state index contributed by atoms with van der Waals surface area (Å²) in [6, 6.07) is 18.0. The van der Waals surface area contributed by atoms with Crippen molar-refractivity contribution in [3.63, 3.8) is 0 Å². The predicted octanol–water partition coefficient (Wildman–Crippen LogP) is 3.85. The third kappa shape index (κ3) is 3.95. The summed E-state index contributed by atoms with van der Waals surface area (Å²) in [7, 11) is 0. The molecule has 0 aliphatic heterocycles. The molecule has 0 aliphatic rings. The molecule has 0 bridgehead atoms. The van der Waals surface area contributed by atoms with Gasteiger partial charge in [0, 0.05) is 13.0 Å². The van der Waals surface area contributed by atoms with E-state index in [0.717, 1.165) is 11.1 Å². The smallest absolute Gasteiger partial charge is 0.219 e. The number of nitrogens with zero attached hydrogens (tertiary/aromatic N) is 1. The van der Waals surface area contributed by atoms with Crippen LogP contribution in [0.3, 0.4) is 0 Å². The highest BCUT2D eigenvalue weighted by molar-refractivity contribution is 5.75. The lowest BCUT2D eigenvalue weighted by molar-refractivity contribution is -0.120. The fraction of sp³-hybridized carbons (Fsp3) is 0.263. The van der Waals surface area contributed by atoms with E-state index in [1.165, 1.54) is 5.56 Å². The number of hydrogen-bond donors (Lipinski definition) is 1. The molecule has 0 radical (unpaired) electrons. The van der Waals surface area contributed by atoms with Crippen molar-refractivity contribution in [1.29, 1.82) is 5.26 Å². The van der Waals surface area contributed by atoms with Crippen molar-refractivity contribution in [3.8, 4) is 17.2 Å². The molecular formula is C19H20N2O. The lowest BCUT2D eigenvalue weighted by Crippen LogP contribution is -2.26. The Kier molecular flexibility index (Phi) is 5.32. The highest BCUT2D eigenvalue weighted by Crippen LogP contribution is 2.23. The minimum atomic E-state index is 0.0843. The van der Waals surface area contributed by atoms with E-state index in [-0.39, 0.29) is 11.8 Å². The van der Waals surface area contributed by atoms with Crippen LogP contribution in [0.5, 0.6) is 0 Å². The van der Waals surface area contributed by atoms with Gasteiger partial charge in [0.25, 0.3) is 0 Å². The third-order valence-electron chi connectivity index (χ3n) is 3.75. The third-order valence-corrected chi connectivity index (χ3v) is 3.75. The van der Waals surface area contributed by atoms with Crippen molar-refractivity contribution in [2.24, 2.45) is 0 Å². The van der Waals surface area contributed by atoms with Crippen molar-refractivity contribution < 1.29 is 4.79 Å². The van der Waals surface area contributed by atoms with E-state index in [9.17, 15) is 4.79 Å². The molecule has 0 heterocycles. The number of carbonyl (C=O) groups excluding carboxylic acids is 1. The summed E-state index contributed by atoms with van der Waals surface area (Å²) in [5, 5.41) is 11.7. The monoisotopic (exact) mass is 292 g/mol. The molecule has 0 fully saturated rings. The normalized spacial score (nSPS) is 11.5. The van der Waals surface area contributed by atoms with E-state index in [4.69, 9.17) is 5.26 Å². The van der Waals surface area contributed by atoms with Gasteiger partial charge in [0.2, 0.25) is 5.91 Å². The van der Waals surface area contributed by atoms with Crippen LogP contribution in [-0.4, -0.2) is 12.5 Å². The molecule has 0 aromatic heterocycles. The van der Waals surface area contributed by atoms with Gasteiger partial charge in [0.05, 0.1) is 11.6 Å². The Labute approximate surface area is 131 Å². The molecule has 0 aliphatic carbocycles. The average Bonchev–Trinajstić information content (AvgIpc) is 2.59. The Bertz CT molecular complexity index is 666. The quantitative estimate of drug-likeness (QED) is 0.910. The molecule has 2 aromatic rings. The highest BCUT2D eigenvalue weighted by Gasteiger charge is 2.07. The van der Waals surface area contributed by atoms with Crippen LogP contribution in [0.4, 0.5) is 0 Å². The van der Waals surface area contributed by atoms with E-state index in [1.54, 1.807) is 0 Å². The van der Waals surface area contributed by atoms with Crippen molar-refractivity contribution in [2.75, 3.05) is 6.54 Å². The summed E-state index contributed by atoms with van der Waals surface area (Å²) in [6.07, 6.45) is 0.518. The molecule has 0 spiro atoms. The van der Waals surface area contributed by atoms with E-state index >= 15 is 0 Å². The van der Waals surface area contributed by atoms with Crippen LogP contribution in [0.1, 0.15) is 37.3 Å². The van der Waals surface area contributed by atoms with Gasteiger partial charge >= 0.3 is 0 Å². The predicted molar refractivity (Wildman–Crippen MR) is 88.3 cm³/mol. The van der Waals surface area contributed by atoms with Crippen LogP contribution in [-0.2, 0) is 4.79 Å². The first-order valence-electron chi connectivity index (χ1n) is 7.51. The van der Waals surface area contributed by atoms with Crippen molar-refractivity contribution in [2.45, 2.75) is 26.2 Å². The van der Waals surface area contributed by atoms with Crippen LogP contribution in [0.15, 0.2) is 48.5 Å². The van der Waals surface area contributed by atoms with Gasteiger partial charge in [0.1, 0.15) is 0 Å². The van der Waals surface area contributed by atoms with Gasteiger partial charge in [-0.25, -0.2) is 0 Å². The van der Waals surface area contributed by atoms with E-state index in [1.807, 2.05) is 31.2 Å². The number of rotatable bonds is 5. The zero-order chi connectivity index (χ0) is 15.9. The zero-order valence-electron chi connectivity index (χ0n) is 13.0. The molecule has 2 aromatic carbocycles. The van der Waals surface area contributed by atoms with E-state index in [0.29, 0.717) is 18.5 Å². The minimum Gasteiger partial charge on any atom is -0.356 e. The molecule has 1 atom stereocenters. The summed E-state index contributed by atoms with van der Waals surface area (Å²) >= 11 is 0. The number of nitrogens with one attached hydrogen (secondary N) is 1. The lowest BCUT2D eigenvalue weighted by Gasteiger charge is -2.13. The highest BCUT2D eigenvalue weighted by atomic mass is 16.1. The number of nitriles is 1. The second kappa shape index (κ2) is 7.42. The Morgan fingerprint density at radius 1 is 1.09 bits per heavy atom. The lowest BCUT2D eigenvalue weighted by atomic mass is 9.97. The topological polar surface area (TPSA) is 52.9 Å². The van der Waals surface area contributed by atoms with E-state index in [2.05, 4.69) is 42.6 Å². The first kappa shape index (κ1) is 15.8. The number of hydrogen-bond acceptors (Lipinski definition) is 2. The van der Waals surface area contributed by atoms with E-state index < -0.39 is 0 Å². The second-order valence-corrected chi connectivity index (χ2v) is 5.37. The van der Waals surface area contributed by atoms with Gasteiger partial charge in [-0.2, -0.15) is 5.26 Å². The van der Waals surface area contributed by atoms with Crippen molar-refractivity contribution in [1.82, 2.24) is 5.32 Å². The van der Waals surface area contributed by atoms with Crippen LogP contribution in [0.2, 0.25) is 0 Å². The maximum Gasteiger partial charge on any atom is 0.219 e. The molecule has 0 saturated carbocycles. The fourth-order valence-electron chi connectivity index (χ4n) is 2.25. The maximum atomic E-state index is 11.3. The summed E-state index contributed by atoms with van der Waals surface area (Å²) in [4.78, 5) is 11.3. The molecule has 22 heavy (non-hydrogen) atoms. The maximum absolute atomic E-state index is 11.3. The van der Waals surface area contributed by atoms with Crippen LogP contribution < -0.4 is 5.32 Å². The molecule has 1 amide bonds. The van der Waals surface area contributed by atoms with Crippen molar-refractivity contribution >= 4 is 5.91 Å². The van der Waals surface area contributed by atoms with Gasteiger partial charge in [0.15, 0.2) is 0 Å². The van der Waals surface area contributed by atoms with Crippen molar-refractivity contribution in [3.05, 3.63) is 59.7 Å². The summed E-state index contributed by atoms with van der Waals surface area (Å²) in [5.41, 5.74) is 4.09. The fourth-order valence-corrected chi connectivity index (χ4v) is 2.25. The molecular weight excluding hydrogens is 272 g/mol. The summed E-state index contributed by atoms with van der Waals surface area (Å²) in [6.45, 7) is 4.61. The molecule has 1 N–H and O–H groups in total. The molecule has 2 rings (SSSR count). The molecule has 1 unspecified atom stereocenters. The van der Waals surface area contributed by atoms with Gasteiger partial charge in [-0.1, -0.05) is 50.2 Å².